The molecule has 0 aliphatic carbocycles. The standard InChI is InChI=1S/C21H23ClFN3O2/c1-14-3-4-16(12-24-14)20(27)7-8-21(28)25-9-10-26(15(2)13-25)17-5-6-19(23)18(22)11-17/h3-6,11-12,15H,7-10,13H2,1-2H3/t15-/m0/s1. The van der Waals surface area contributed by atoms with Crippen LogP contribution in [-0.4, -0.2) is 47.3 Å². The van der Waals surface area contributed by atoms with Crippen molar-refractivity contribution in [2.45, 2.75) is 32.7 Å². The Kier molecular flexibility index (Phi) is 6.29. The summed E-state index contributed by atoms with van der Waals surface area (Å²) < 4.78 is 13.4. The second-order valence-electron chi connectivity index (χ2n) is 7.09. The molecule has 1 aromatic heterocycles. The monoisotopic (exact) mass is 403 g/mol. The summed E-state index contributed by atoms with van der Waals surface area (Å²) in [7, 11) is 0. The molecule has 0 radical (unpaired) electrons. The number of aryl methyl sites for hydroxylation is 1. The van der Waals surface area contributed by atoms with Gasteiger partial charge in [-0.1, -0.05) is 11.6 Å². The summed E-state index contributed by atoms with van der Waals surface area (Å²) in [4.78, 5) is 32.8. The van der Waals surface area contributed by atoms with E-state index in [1.165, 1.54) is 6.07 Å². The van der Waals surface area contributed by atoms with Crippen LogP contribution < -0.4 is 4.90 Å². The van der Waals surface area contributed by atoms with Crippen molar-refractivity contribution in [2.24, 2.45) is 0 Å². The molecule has 0 bridgehead atoms. The first-order valence-electron chi connectivity index (χ1n) is 9.30. The molecule has 1 fully saturated rings. The topological polar surface area (TPSA) is 53.5 Å². The highest BCUT2D eigenvalue weighted by atomic mass is 35.5. The Bertz CT molecular complexity index is 872. The zero-order valence-electron chi connectivity index (χ0n) is 16.0. The lowest BCUT2D eigenvalue weighted by Gasteiger charge is -2.41. The minimum Gasteiger partial charge on any atom is -0.365 e. The number of rotatable bonds is 5. The van der Waals surface area contributed by atoms with E-state index in [1.807, 2.05) is 13.8 Å². The number of Topliss-reactive ketones (excluding diaryl/α,β-unsaturated/α-hetero) is 1. The number of anilines is 1. The van der Waals surface area contributed by atoms with Crippen molar-refractivity contribution in [3.05, 3.63) is 58.6 Å². The first kappa shape index (κ1) is 20.3. The summed E-state index contributed by atoms with van der Waals surface area (Å²) in [5, 5.41) is 0.0901. The van der Waals surface area contributed by atoms with Gasteiger partial charge in [0.2, 0.25) is 5.91 Å². The predicted octanol–water partition coefficient (Wildman–Crippen LogP) is 3.88. The third-order valence-corrected chi connectivity index (χ3v) is 5.30. The molecule has 1 amide bonds. The first-order valence-corrected chi connectivity index (χ1v) is 9.68. The molecule has 1 aliphatic heterocycles. The van der Waals surface area contributed by atoms with Gasteiger partial charge in [0.25, 0.3) is 0 Å². The van der Waals surface area contributed by atoms with Crippen LogP contribution in [0, 0.1) is 12.7 Å². The molecule has 1 saturated heterocycles. The van der Waals surface area contributed by atoms with Crippen molar-refractivity contribution in [3.63, 3.8) is 0 Å². The fourth-order valence-electron chi connectivity index (χ4n) is 3.39. The van der Waals surface area contributed by atoms with Crippen LogP contribution in [0.15, 0.2) is 36.5 Å². The van der Waals surface area contributed by atoms with E-state index in [0.717, 1.165) is 11.4 Å². The lowest BCUT2D eigenvalue weighted by Crippen LogP contribution is -2.53. The number of hydrogen-bond acceptors (Lipinski definition) is 4. The van der Waals surface area contributed by atoms with Gasteiger partial charge in [0, 0.05) is 61.7 Å². The summed E-state index contributed by atoms with van der Waals surface area (Å²) in [5.74, 6) is -0.550. The van der Waals surface area contributed by atoms with Crippen molar-refractivity contribution in [3.8, 4) is 0 Å². The van der Waals surface area contributed by atoms with Gasteiger partial charge in [-0.05, 0) is 44.2 Å². The molecule has 5 nitrogen and oxygen atoms in total. The van der Waals surface area contributed by atoms with E-state index in [1.54, 1.807) is 35.4 Å². The number of hydrogen-bond donors (Lipinski definition) is 0. The predicted molar refractivity (Wildman–Crippen MR) is 107 cm³/mol. The minimum atomic E-state index is -0.444. The molecule has 28 heavy (non-hydrogen) atoms. The van der Waals surface area contributed by atoms with Crippen molar-refractivity contribution in [1.29, 1.82) is 0 Å². The summed E-state index contributed by atoms with van der Waals surface area (Å²) in [6.45, 7) is 5.61. The van der Waals surface area contributed by atoms with E-state index in [-0.39, 0.29) is 35.6 Å². The number of nitrogens with zero attached hydrogens (tertiary/aromatic N) is 3. The van der Waals surface area contributed by atoms with E-state index in [2.05, 4.69) is 9.88 Å². The Morgan fingerprint density at radius 3 is 2.64 bits per heavy atom. The van der Waals surface area contributed by atoms with E-state index < -0.39 is 5.82 Å². The van der Waals surface area contributed by atoms with Crippen LogP contribution in [0.2, 0.25) is 5.02 Å². The molecule has 2 heterocycles. The van der Waals surface area contributed by atoms with Gasteiger partial charge < -0.3 is 9.80 Å². The molecule has 0 saturated carbocycles. The lowest BCUT2D eigenvalue weighted by atomic mass is 10.1. The fraction of sp³-hybridized carbons (Fsp3) is 0.381. The molecule has 7 heteroatoms. The number of halogens is 2. The molecule has 0 unspecified atom stereocenters. The summed E-state index contributed by atoms with van der Waals surface area (Å²) in [5.41, 5.74) is 2.22. The number of carbonyl (C=O) groups is 2. The van der Waals surface area contributed by atoms with Crippen LogP contribution in [0.1, 0.15) is 35.8 Å². The highest BCUT2D eigenvalue weighted by Crippen LogP contribution is 2.26. The Morgan fingerprint density at radius 2 is 2.00 bits per heavy atom. The Balaban J connectivity index is 1.54. The van der Waals surface area contributed by atoms with Crippen LogP contribution in [0.25, 0.3) is 0 Å². The number of aromatic nitrogens is 1. The maximum Gasteiger partial charge on any atom is 0.223 e. The van der Waals surface area contributed by atoms with Gasteiger partial charge in [0.15, 0.2) is 5.78 Å². The van der Waals surface area contributed by atoms with Crippen LogP contribution in [0.3, 0.4) is 0 Å². The number of benzene rings is 1. The highest BCUT2D eigenvalue weighted by Gasteiger charge is 2.27. The molecular weight excluding hydrogens is 381 g/mol. The molecule has 148 valence electrons. The first-order chi connectivity index (χ1) is 13.3. The van der Waals surface area contributed by atoms with Gasteiger partial charge in [0.1, 0.15) is 5.82 Å². The Morgan fingerprint density at radius 1 is 1.21 bits per heavy atom. The van der Waals surface area contributed by atoms with E-state index in [0.29, 0.717) is 25.2 Å². The number of pyridine rings is 1. The highest BCUT2D eigenvalue weighted by molar-refractivity contribution is 6.31. The zero-order chi connectivity index (χ0) is 20.3. The number of piperazine rings is 1. The average molecular weight is 404 g/mol. The fourth-order valence-corrected chi connectivity index (χ4v) is 3.56. The summed E-state index contributed by atoms with van der Waals surface area (Å²) in [6.07, 6.45) is 1.91. The summed E-state index contributed by atoms with van der Waals surface area (Å²) >= 11 is 5.89. The van der Waals surface area contributed by atoms with E-state index >= 15 is 0 Å². The average Bonchev–Trinajstić information content (AvgIpc) is 2.68. The number of amides is 1. The number of carbonyl (C=O) groups excluding carboxylic acids is 2. The van der Waals surface area contributed by atoms with Gasteiger partial charge in [0.05, 0.1) is 5.02 Å². The molecule has 1 atom stereocenters. The molecular formula is C21H23ClFN3O2. The second kappa shape index (κ2) is 8.69. The van der Waals surface area contributed by atoms with E-state index in [9.17, 15) is 14.0 Å². The summed E-state index contributed by atoms with van der Waals surface area (Å²) in [6, 6.07) is 8.26. The van der Waals surface area contributed by atoms with E-state index in [4.69, 9.17) is 11.6 Å². The van der Waals surface area contributed by atoms with Crippen LogP contribution in [0.4, 0.5) is 10.1 Å². The second-order valence-corrected chi connectivity index (χ2v) is 7.50. The molecule has 0 N–H and O–H groups in total. The van der Waals surface area contributed by atoms with Crippen LogP contribution >= 0.6 is 11.6 Å². The minimum absolute atomic E-state index is 0.0305. The van der Waals surface area contributed by atoms with Crippen molar-refractivity contribution >= 4 is 29.0 Å². The Hall–Kier alpha value is -2.47. The van der Waals surface area contributed by atoms with Crippen molar-refractivity contribution < 1.29 is 14.0 Å². The van der Waals surface area contributed by atoms with Gasteiger partial charge in [-0.15, -0.1) is 0 Å². The van der Waals surface area contributed by atoms with Gasteiger partial charge in [-0.2, -0.15) is 0 Å². The maximum atomic E-state index is 13.4. The normalized spacial score (nSPS) is 16.9. The molecule has 3 rings (SSSR count). The van der Waals surface area contributed by atoms with Gasteiger partial charge in [-0.25, -0.2) is 4.39 Å². The lowest BCUT2D eigenvalue weighted by molar-refractivity contribution is -0.131. The molecule has 1 aromatic carbocycles. The number of ketones is 1. The quantitative estimate of drug-likeness (QED) is 0.711. The van der Waals surface area contributed by atoms with Crippen LogP contribution in [0.5, 0.6) is 0 Å². The molecule has 1 aliphatic rings. The smallest absolute Gasteiger partial charge is 0.223 e. The third kappa shape index (κ3) is 4.68. The third-order valence-electron chi connectivity index (χ3n) is 5.01. The zero-order valence-corrected chi connectivity index (χ0v) is 16.7. The SMILES string of the molecule is Cc1ccc(C(=O)CCC(=O)N2CCN(c3ccc(F)c(Cl)c3)[C@@H](C)C2)cn1. The van der Waals surface area contributed by atoms with Gasteiger partial charge in [-0.3, -0.25) is 14.6 Å². The maximum absolute atomic E-state index is 13.4. The van der Waals surface area contributed by atoms with Crippen molar-refractivity contribution in [2.75, 3.05) is 24.5 Å². The largest absolute Gasteiger partial charge is 0.365 e. The van der Waals surface area contributed by atoms with Crippen LogP contribution in [-0.2, 0) is 4.79 Å². The molecule has 0 spiro atoms. The van der Waals surface area contributed by atoms with Crippen molar-refractivity contribution in [1.82, 2.24) is 9.88 Å². The molecule has 2 aromatic rings. The Labute approximate surface area is 169 Å². The van der Waals surface area contributed by atoms with Gasteiger partial charge >= 0.3 is 0 Å².